The molecule has 0 atom stereocenters. The predicted molar refractivity (Wildman–Crippen MR) is 71.0 cm³/mol. The molecule has 0 aromatic rings. The summed E-state index contributed by atoms with van der Waals surface area (Å²) in [5, 5.41) is 8.78. The Balaban J connectivity index is 5.44. The minimum absolute atomic E-state index is 0.0175. The van der Waals surface area contributed by atoms with Gasteiger partial charge in [-0.15, -0.1) is 0 Å². The largest absolute Gasteiger partial charge is 0.481 e. The molecule has 8 heteroatoms. The third-order valence-electron chi connectivity index (χ3n) is 2.90. The SMILES string of the molecule is CCOC(=O)C(CCC(N)=O)(CCC(=O)O)C(=O)OCC. The number of hydrogen-bond donors (Lipinski definition) is 2. The van der Waals surface area contributed by atoms with Gasteiger partial charge in [-0.2, -0.15) is 0 Å². The van der Waals surface area contributed by atoms with E-state index in [1.165, 1.54) is 0 Å². The van der Waals surface area contributed by atoms with E-state index in [9.17, 15) is 19.2 Å². The highest BCUT2D eigenvalue weighted by atomic mass is 16.6. The number of carboxylic acids is 1. The van der Waals surface area contributed by atoms with Crippen molar-refractivity contribution in [1.29, 1.82) is 0 Å². The van der Waals surface area contributed by atoms with Gasteiger partial charge >= 0.3 is 17.9 Å². The molecule has 0 spiro atoms. The highest BCUT2D eigenvalue weighted by Gasteiger charge is 2.48. The molecule has 0 saturated heterocycles. The van der Waals surface area contributed by atoms with Gasteiger partial charge in [-0.1, -0.05) is 0 Å². The van der Waals surface area contributed by atoms with E-state index in [1.54, 1.807) is 13.8 Å². The molecule has 0 saturated carbocycles. The highest BCUT2D eigenvalue weighted by molar-refractivity contribution is 6.00. The summed E-state index contributed by atoms with van der Waals surface area (Å²) in [4.78, 5) is 46.0. The molecule has 0 heterocycles. The maximum atomic E-state index is 12.1. The number of nitrogens with two attached hydrogens (primary N) is 1. The molecule has 0 unspecified atom stereocenters. The lowest BCUT2D eigenvalue weighted by molar-refractivity contribution is -0.173. The third kappa shape index (κ3) is 5.80. The number of hydrogen-bond acceptors (Lipinski definition) is 6. The Hall–Kier alpha value is -2.12. The number of ether oxygens (including phenoxy) is 2. The average molecular weight is 303 g/mol. The molecule has 0 radical (unpaired) electrons. The van der Waals surface area contributed by atoms with Gasteiger partial charge in [0, 0.05) is 12.8 Å². The highest BCUT2D eigenvalue weighted by Crippen LogP contribution is 2.33. The second kappa shape index (κ2) is 8.93. The van der Waals surface area contributed by atoms with E-state index >= 15 is 0 Å². The normalized spacial score (nSPS) is 10.8. The van der Waals surface area contributed by atoms with Crippen molar-refractivity contribution in [1.82, 2.24) is 0 Å². The average Bonchev–Trinajstić information content (AvgIpc) is 2.39. The van der Waals surface area contributed by atoms with E-state index in [0.717, 1.165) is 0 Å². The van der Waals surface area contributed by atoms with Crippen molar-refractivity contribution >= 4 is 23.8 Å². The van der Waals surface area contributed by atoms with Crippen LogP contribution in [0.2, 0.25) is 0 Å². The Labute approximate surface area is 122 Å². The Kier molecular flexibility index (Phi) is 8.03. The maximum Gasteiger partial charge on any atom is 0.323 e. The van der Waals surface area contributed by atoms with Crippen molar-refractivity contribution in [3.05, 3.63) is 0 Å². The Bertz CT molecular complexity index is 367. The first kappa shape index (κ1) is 18.9. The molecule has 0 rings (SSSR count). The van der Waals surface area contributed by atoms with Gasteiger partial charge in [-0.25, -0.2) is 0 Å². The summed E-state index contributed by atoms with van der Waals surface area (Å²) in [6.45, 7) is 3.14. The van der Waals surface area contributed by atoms with Crippen LogP contribution in [0.25, 0.3) is 0 Å². The zero-order chi connectivity index (χ0) is 16.5. The first-order chi connectivity index (χ1) is 9.80. The van der Waals surface area contributed by atoms with Crippen molar-refractivity contribution in [2.75, 3.05) is 13.2 Å². The molecule has 0 aromatic heterocycles. The second-order valence-corrected chi connectivity index (χ2v) is 4.38. The van der Waals surface area contributed by atoms with Crippen LogP contribution in [0.15, 0.2) is 0 Å². The molecule has 1 amide bonds. The van der Waals surface area contributed by atoms with Crippen LogP contribution in [0.4, 0.5) is 0 Å². The molecule has 0 aliphatic heterocycles. The van der Waals surface area contributed by atoms with E-state index in [1.807, 2.05) is 0 Å². The molecule has 0 aliphatic rings. The van der Waals surface area contributed by atoms with Crippen molar-refractivity contribution in [2.45, 2.75) is 39.5 Å². The van der Waals surface area contributed by atoms with Crippen LogP contribution in [0.5, 0.6) is 0 Å². The number of aliphatic carboxylic acids is 1. The van der Waals surface area contributed by atoms with Gasteiger partial charge in [0.25, 0.3) is 0 Å². The van der Waals surface area contributed by atoms with Crippen molar-refractivity contribution in [2.24, 2.45) is 11.1 Å². The van der Waals surface area contributed by atoms with Gasteiger partial charge in [0.15, 0.2) is 5.41 Å². The lowest BCUT2D eigenvalue weighted by atomic mass is 9.78. The topological polar surface area (TPSA) is 133 Å². The van der Waals surface area contributed by atoms with Gasteiger partial charge in [0.2, 0.25) is 5.91 Å². The first-order valence-electron chi connectivity index (χ1n) is 6.64. The molecular weight excluding hydrogens is 282 g/mol. The number of primary amides is 1. The number of rotatable bonds is 10. The lowest BCUT2D eigenvalue weighted by Gasteiger charge is -2.28. The number of carbonyl (C=O) groups is 4. The van der Waals surface area contributed by atoms with Crippen LogP contribution >= 0.6 is 0 Å². The quantitative estimate of drug-likeness (QED) is 0.436. The Morgan fingerprint density at radius 1 is 0.952 bits per heavy atom. The van der Waals surface area contributed by atoms with Gasteiger partial charge in [-0.05, 0) is 26.7 Å². The molecule has 0 fully saturated rings. The van der Waals surface area contributed by atoms with Crippen molar-refractivity contribution in [3.63, 3.8) is 0 Å². The number of carboxylic acid groups (broad SMARTS) is 1. The number of esters is 2. The molecule has 8 nitrogen and oxygen atoms in total. The van der Waals surface area contributed by atoms with E-state index < -0.39 is 35.7 Å². The summed E-state index contributed by atoms with van der Waals surface area (Å²) in [5.41, 5.74) is 3.22. The van der Waals surface area contributed by atoms with Crippen LogP contribution in [-0.2, 0) is 28.7 Å². The fourth-order valence-electron chi connectivity index (χ4n) is 1.81. The fraction of sp³-hybridized carbons (Fsp3) is 0.692. The smallest absolute Gasteiger partial charge is 0.323 e. The summed E-state index contributed by atoms with van der Waals surface area (Å²) < 4.78 is 9.71. The molecule has 0 aromatic carbocycles. The predicted octanol–water partition coefficient (Wildman–Crippen LogP) is 0.229. The summed E-state index contributed by atoms with van der Waals surface area (Å²) in [5.74, 6) is -3.67. The van der Waals surface area contributed by atoms with E-state index in [2.05, 4.69) is 0 Å². The van der Waals surface area contributed by atoms with Gasteiger partial charge in [0.05, 0.1) is 13.2 Å². The molecule has 0 bridgehead atoms. The van der Waals surface area contributed by atoms with E-state index in [0.29, 0.717) is 0 Å². The minimum atomic E-state index is -1.82. The number of amides is 1. The summed E-state index contributed by atoms with van der Waals surface area (Å²) in [6.07, 6.45) is -1.24. The van der Waals surface area contributed by atoms with E-state index in [-0.39, 0.29) is 32.5 Å². The maximum absolute atomic E-state index is 12.1. The first-order valence-corrected chi connectivity index (χ1v) is 6.64. The van der Waals surface area contributed by atoms with Crippen LogP contribution in [0.1, 0.15) is 39.5 Å². The fourth-order valence-corrected chi connectivity index (χ4v) is 1.81. The van der Waals surface area contributed by atoms with Crippen LogP contribution in [0.3, 0.4) is 0 Å². The summed E-state index contributed by atoms with van der Waals surface area (Å²) >= 11 is 0. The van der Waals surface area contributed by atoms with Crippen LogP contribution in [-0.4, -0.2) is 42.1 Å². The Morgan fingerprint density at radius 2 is 1.38 bits per heavy atom. The minimum Gasteiger partial charge on any atom is -0.481 e. The third-order valence-corrected chi connectivity index (χ3v) is 2.90. The van der Waals surface area contributed by atoms with Crippen LogP contribution in [0, 0.1) is 5.41 Å². The molecular formula is C13H21NO7. The zero-order valence-electron chi connectivity index (χ0n) is 12.2. The summed E-state index contributed by atoms with van der Waals surface area (Å²) in [7, 11) is 0. The van der Waals surface area contributed by atoms with E-state index in [4.69, 9.17) is 20.3 Å². The Morgan fingerprint density at radius 3 is 1.71 bits per heavy atom. The van der Waals surface area contributed by atoms with Crippen molar-refractivity contribution < 1.29 is 33.8 Å². The second-order valence-electron chi connectivity index (χ2n) is 4.38. The molecule has 0 aliphatic carbocycles. The number of carbonyl (C=O) groups excluding carboxylic acids is 3. The molecule has 21 heavy (non-hydrogen) atoms. The lowest BCUT2D eigenvalue weighted by Crippen LogP contribution is -2.43. The molecule has 120 valence electrons. The molecule has 3 N–H and O–H groups in total. The van der Waals surface area contributed by atoms with Gasteiger partial charge in [0.1, 0.15) is 0 Å². The monoisotopic (exact) mass is 303 g/mol. The van der Waals surface area contributed by atoms with Crippen LogP contribution < -0.4 is 5.73 Å². The zero-order valence-corrected chi connectivity index (χ0v) is 12.2. The van der Waals surface area contributed by atoms with Gasteiger partial charge in [-0.3, -0.25) is 19.2 Å². The van der Waals surface area contributed by atoms with Crippen molar-refractivity contribution in [3.8, 4) is 0 Å². The summed E-state index contributed by atoms with van der Waals surface area (Å²) in [6, 6.07) is 0. The standard InChI is InChI=1S/C13H21NO7/c1-3-20-11(18)13(7-5-9(14)15,8-6-10(16)17)12(19)21-4-2/h3-8H2,1-2H3,(H2,14,15)(H,16,17). The van der Waals surface area contributed by atoms with Gasteiger partial charge < -0.3 is 20.3 Å².